The fourth-order valence-electron chi connectivity index (χ4n) is 2.15. The second kappa shape index (κ2) is 4.84. The summed E-state index contributed by atoms with van der Waals surface area (Å²) in [6, 6.07) is 0.765. The highest BCUT2D eigenvalue weighted by Crippen LogP contribution is 2.28. The number of halogens is 3. The monoisotopic (exact) mass is 276 g/mol. The van der Waals surface area contributed by atoms with Gasteiger partial charge < -0.3 is 9.80 Å². The van der Waals surface area contributed by atoms with Crippen LogP contribution in [0, 0.1) is 0 Å². The Balaban J connectivity index is 2.09. The molecule has 106 valence electrons. The molecule has 2 rings (SSSR count). The third kappa shape index (κ3) is 2.89. The van der Waals surface area contributed by atoms with E-state index in [1.807, 2.05) is 12.1 Å². The maximum absolute atomic E-state index is 12.4. The van der Waals surface area contributed by atoms with Crippen LogP contribution >= 0.6 is 0 Å². The molecule has 1 amide bonds. The van der Waals surface area contributed by atoms with Crippen molar-refractivity contribution in [3.63, 3.8) is 0 Å². The van der Waals surface area contributed by atoms with Crippen molar-refractivity contribution in [3.05, 3.63) is 17.5 Å². The van der Waals surface area contributed by atoms with E-state index in [9.17, 15) is 18.0 Å². The molecule has 0 unspecified atom stereocenters. The van der Waals surface area contributed by atoms with Crippen LogP contribution in [0.1, 0.15) is 22.6 Å². The lowest BCUT2D eigenvalue weighted by atomic mass is 10.2. The predicted molar refractivity (Wildman–Crippen MR) is 61.6 cm³/mol. The zero-order valence-corrected chi connectivity index (χ0v) is 10.7. The van der Waals surface area contributed by atoms with Gasteiger partial charge in [-0.2, -0.15) is 18.3 Å². The number of likely N-dealkylation sites (tertiary alicyclic amines) is 1. The number of H-pyrrole nitrogens is 1. The number of amides is 1. The van der Waals surface area contributed by atoms with Crippen LogP contribution in [0.15, 0.2) is 6.07 Å². The molecule has 2 heterocycles. The van der Waals surface area contributed by atoms with Gasteiger partial charge in [-0.3, -0.25) is 9.89 Å². The fraction of sp³-hybridized carbons (Fsp3) is 0.636. The van der Waals surface area contributed by atoms with Gasteiger partial charge in [0.2, 0.25) is 0 Å². The molecular formula is C11H15F3N4O. The van der Waals surface area contributed by atoms with E-state index in [1.165, 1.54) is 4.90 Å². The van der Waals surface area contributed by atoms with Crippen molar-refractivity contribution in [1.82, 2.24) is 20.0 Å². The second-order valence-electron chi connectivity index (χ2n) is 4.79. The Morgan fingerprint density at radius 1 is 1.58 bits per heavy atom. The Kier molecular flexibility index (Phi) is 3.53. The molecule has 0 aliphatic carbocycles. The minimum absolute atomic E-state index is 0.0172. The lowest BCUT2D eigenvalue weighted by Gasteiger charge is -2.23. The summed E-state index contributed by atoms with van der Waals surface area (Å²) in [5.74, 6) is -0.493. The molecule has 1 atom stereocenters. The van der Waals surface area contributed by atoms with Gasteiger partial charge in [0.25, 0.3) is 5.91 Å². The highest BCUT2D eigenvalue weighted by atomic mass is 19.4. The van der Waals surface area contributed by atoms with E-state index in [2.05, 4.69) is 10.00 Å². The summed E-state index contributed by atoms with van der Waals surface area (Å²) in [6.07, 6.45) is -3.70. The van der Waals surface area contributed by atoms with Crippen LogP contribution in [0.4, 0.5) is 13.2 Å². The molecule has 1 aliphatic rings. The van der Waals surface area contributed by atoms with Crippen LogP contribution in [0.5, 0.6) is 0 Å². The minimum atomic E-state index is -4.52. The number of carbonyl (C=O) groups excluding carboxylic acids is 1. The maximum atomic E-state index is 12.4. The van der Waals surface area contributed by atoms with Gasteiger partial charge in [-0.25, -0.2) is 0 Å². The number of aromatic amines is 1. The molecule has 1 fully saturated rings. The largest absolute Gasteiger partial charge is 0.432 e. The quantitative estimate of drug-likeness (QED) is 0.883. The number of nitrogens with one attached hydrogen (secondary N) is 1. The van der Waals surface area contributed by atoms with Gasteiger partial charge in [0.1, 0.15) is 5.69 Å². The zero-order chi connectivity index (χ0) is 14.2. The molecule has 1 saturated heterocycles. The number of nitrogens with zero attached hydrogens (tertiary/aromatic N) is 3. The van der Waals surface area contributed by atoms with Crippen LogP contribution in [0.2, 0.25) is 0 Å². The number of alkyl halides is 3. The van der Waals surface area contributed by atoms with Crippen molar-refractivity contribution in [1.29, 1.82) is 0 Å². The lowest BCUT2D eigenvalue weighted by Crippen LogP contribution is -2.38. The highest BCUT2D eigenvalue weighted by molar-refractivity contribution is 5.92. The van der Waals surface area contributed by atoms with E-state index in [4.69, 9.17) is 0 Å². The molecule has 8 heteroatoms. The smallest absolute Gasteiger partial charge is 0.336 e. The summed E-state index contributed by atoms with van der Waals surface area (Å²) < 4.78 is 37.2. The fourth-order valence-corrected chi connectivity index (χ4v) is 2.15. The summed E-state index contributed by atoms with van der Waals surface area (Å²) in [5.41, 5.74) is -1.21. The molecular weight excluding hydrogens is 261 g/mol. The molecule has 1 aromatic rings. The topological polar surface area (TPSA) is 52.2 Å². The van der Waals surface area contributed by atoms with E-state index in [1.54, 1.807) is 7.05 Å². The van der Waals surface area contributed by atoms with Gasteiger partial charge in [-0.15, -0.1) is 0 Å². The van der Waals surface area contributed by atoms with E-state index in [0.29, 0.717) is 0 Å². The van der Waals surface area contributed by atoms with E-state index in [-0.39, 0.29) is 11.7 Å². The number of carbonyl (C=O) groups is 1. The molecule has 0 spiro atoms. The average Bonchev–Trinajstić information content (AvgIpc) is 2.94. The Morgan fingerprint density at radius 3 is 2.74 bits per heavy atom. The van der Waals surface area contributed by atoms with Crippen LogP contribution < -0.4 is 0 Å². The average molecular weight is 276 g/mol. The first-order valence-electron chi connectivity index (χ1n) is 5.87. The number of rotatable bonds is 2. The molecule has 0 aromatic carbocycles. The molecule has 1 aliphatic heterocycles. The van der Waals surface area contributed by atoms with Crippen molar-refractivity contribution in [2.45, 2.75) is 18.6 Å². The molecule has 0 bridgehead atoms. The van der Waals surface area contributed by atoms with E-state index in [0.717, 1.165) is 25.6 Å². The lowest BCUT2D eigenvalue weighted by molar-refractivity contribution is -0.141. The minimum Gasteiger partial charge on any atom is -0.336 e. The maximum Gasteiger partial charge on any atom is 0.432 e. The van der Waals surface area contributed by atoms with Crippen LogP contribution in [0.25, 0.3) is 0 Å². The highest BCUT2D eigenvalue weighted by Gasteiger charge is 2.35. The third-order valence-corrected chi connectivity index (χ3v) is 3.34. The summed E-state index contributed by atoms with van der Waals surface area (Å²) in [6.45, 7) is 1.59. The first-order chi connectivity index (χ1) is 8.79. The SMILES string of the molecule is CN1CC[C@H](N(C)C(=O)c2cc(C(F)(F)F)[nH]n2)C1. The van der Waals surface area contributed by atoms with Crippen molar-refractivity contribution < 1.29 is 18.0 Å². The number of likely N-dealkylation sites (N-methyl/N-ethyl adjacent to an activating group) is 2. The van der Waals surface area contributed by atoms with Gasteiger partial charge in [0, 0.05) is 25.7 Å². The van der Waals surface area contributed by atoms with Crippen LogP contribution in [-0.2, 0) is 6.18 Å². The Labute approximate surface area is 108 Å². The van der Waals surface area contributed by atoms with Crippen LogP contribution in [-0.4, -0.2) is 59.1 Å². The zero-order valence-electron chi connectivity index (χ0n) is 10.7. The van der Waals surface area contributed by atoms with Gasteiger partial charge in [-0.1, -0.05) is 0 Å². The standard InChI is InChI=1S/C11H15F3N4O/c1-17-4-3-7(6-17)18(2)10(19)8-5-9(16-15-8)11(12,13)14/h5,7H,3-4,6H2,1-2H3,(H,15,16)/t7-/m0/s1. The summed E-state index contributed by atoms with van der Waals surface area (Å²) in [7, 11) is 3.53. The normalized spacial score (nSPS) is 20.8. The molecule has 1 aromatic heterocycles. The molecule has 0 saturated carbocycles. The molecule has 1 N–H and O–H groups in total. The second-order valence-corrected chi connectivity index (χ2v) is 4.79. The summed E-state index contributed by atoms with van der Waals surface area (Å²) >= 11 is 0. The first-order valence-corrected chi connectivity index (χ1v) is 5.87. The van der Waals surface area contributed by atoms with E-state index < -0.39 is 17.8 Å². The van der Waals surface area contributed by atoms with Gasteiger partial charge in [-0.05, 0) is 20.0 Å². The summed E-state index contributed by atoms with van der Waals surface area (Å²) in [4.78, 5) is 15.6. The van der Waals surface area contributed by atoms with Crippen molar-refractivity contribution in [3.8, 4) is 0 Å². The Hall–Kier alpha value is -1.57. The third-order valence-electron chi connectivity index (χ3n) is 3.34. The Bertz CT molecular complexity index is 471. The van der Waals surface area contributed by atoms with Crippen LogP contribution in [0.3, 0.4) is 0 Å². The number of hydrogen-bond acceptors (Lipinski definition) is 3. The van der Waals surface area contributed by atoms with Gasteiger partial charge in [0.05, 0.1) is 0 Å². The predicted octanol–water partition coefficient (Wildman–Crippen LogP) is 1.20. The van der Waals surface area contributed by atoms with Crippen molar-refractivity contribution >= 4 is 5.91 Å². The first kappa shape index (κ1) is 13.9. The Morgan fingerprint density at radius 2 is 2.26 bits per heavy atom. The number of aromatic nitrogens is 2. The summed E-state index contributed by atoms with van der Waals surface area (Å²) in [5, 5.41) is 5.29. The van der Waals surface area contributed by atoms with Gasteiger partial charge >= 0.3 is 6.18 Å². The van der Waals surface area contributed by atoms with Crippen molar-refractivity contribution in [2.75, 3.05) is 27.2 Å². The number of hydrogen-bond donors (Lipinski definition) is 1. The van der Waals surface area contributed by atoms with Gasteiger partial charge in [0.15, 0.2) is 5.69 Å². The molecule has 5 nitrogen and oxygen atoms in total. The molecule has 19 heavy (non-hydrogen) atoms. The van der Waals surface area contributed by atoms with Crippen molar-refractivity contribution in [2.24, 2.45) is 0 Å². The van der Waals surface area contributed by atoms with E-state index >= 15 is 0 Å². The molecule has 0 radical (unpaired) electrons.